The molecule has 2 aromatic carbocycles. The van der Waals surface area contributed by atoms with Crippen molar-refractivity contribution < 1.29 is 0 Å². The predicted octanol–water partition coefficient (Wildman–Crippen LogP) is 4.10. The Labute approximate surface area is 128 Å². The summed E-state index contributed by atoms with van der Waals surface area (Å²) in [6, 6.07) is 11.4. The van der Waals surface area contributed by atoms with Crippen LogP contribution in [-0.2, 0) is 0 Å². The van der Waals surface area contributed by atoms with Gasteiger partial charge in [0.15, 0.2) is 0 Å². The zero-order chi connectivity index (χ0) is 15.1. The van der Waals surface area contributed by atoms with Crippen LogP contribution in [-0.4, -0.2) is 9.55 Å². The third-order valence-corrected chi connectivity index (χ3v) is 3.72. The first-order valence-electron chi connectivity index (χ1n) is 6.80. The molecule has 0 aliphatic rings. The molecule has 0 amide bonds. The maximum atomic E-state index is 6.36. The molecular weight excluding hydrogens is 284 g/mol. The number of nitrogens with zero attached hydrogens (tertiary/aromatic N) is 2. The lowest BCUT2D eigenvalue weighted by Gasteiger charge is -2.14. The minimum atomic E-state index is 0.215. The number of rotatable bonds is 2. The maximum absolute atomic E-state index is 6.36. The quantitative estimate of drug-likeness (QED) is 0.700. The highest BCUT2D eigenvalue weighted by Crippen LogP contribution is 2.33. The van der Waals surface area contributed by atoms with E-state index in [4.69, 9.17) is 28.1 Å². The molecule has 0 aliphatic heterocycles. The van der Waals surface area contributed by atoms with E-state index in [1.54, 1.807) is 6.07 Å². The van der Waals surface area contributed by atoms with E-state index in [1.807, 2.05) is 30.3 Å². The van der Waals surface area contributed by atoms with Gasteiger partial charge in [0.05, 0.1) is 16.1 Å². The average Bonchev–Trinajstić information content (AvgIpc) is 2.78. The number of fused-ring (bicyclic) bond motifs is 1. The number of anilines is 2. The molecule has 3 aromatic rings. The second-order valence-electron chi connectivity index (χ2n) is 5.40. The summed E-state index contributed by atoms with van der Waals surface area (Å²) in [7, 11) is 0. The monoisotopic (exact) mass is 300 g/mol. The topological polar surface area (TPSA) is 69.9 Å². The lowest BCUT2D eigenvalue weighted by atomic mass is 10.1. The predicted molar refractivity (Wildman–Crippen MR) is 89.4 cm³/mol. The number of imidazole rings is 1. The summed E-state index contributed by atoms with van der Waals surface area (Å²) in [5.41, 5.74) is 15.8. The van der Waals surface area contributed by atoms with Crippen LogP contribution in [0.1, 0.15) is 19.9 Å². The zero-order valence-electron chi connectivity index (χ0n) is 12.0. The van der Waals surface area contributed by atoms with E-state index in [1.165, 1.54) is 0 Å². The normalized spacial score (nSPS) is 11.4. The van der Waals surface area contributed by atoms with E-state index < -0.39 is 0 Å². The smallest absolute Gasteiger partial charge is 0.141 e. The van der Waals surface area contributed by atoms with Crippen molar-refractivity contribution in [1.82, 2.24) is 9.55 Å². The van der Waals surface area contributed by atoms with Crippen molar-refractivity contribution >= 4 is 34.0 Å². The zero-order valence-corrected chi connectivity index (χ0v) is 12.7. The number of aromatic nitrogens is 2. The van der Waals surface area contributed by atoms with E-state index in [0.717, 1.165) is 22.4 Å². The van der Waals surface area contributed by atoms with Gasteiger partial charge >= 0.3 is 0 Å². The summed E-state index contributed by atoms with van der Waals surface area (Å²) in [6.45, 7) is 4.20. The molecule has 0 saturated carbocycles. The minimum Gasteiger partial charge on any atom is -0.399 e. The largest absolute Gasteiger partial charge is 0.399 e. The molecule has 4 nitrogen and oxygen atoms in total. The SMILES string of the molecule is CC(C)n1c(-c2cc(N)cc(N)c2)nc2cccc(Cl)c21. The molecule has 1 aromatic heterocycles. The van der Waals surface area contributed by atoms with Crippen molar-refractivity contribution in [2.45, 2.75) is 19.9 Å². The lowest BCUT2D eigenvalue weighted by Crippen LogP contribution is -2.04. The molecule has 4 N–H and O–H groups in total. The molecule has 0 fully saturated rings. The molecule has 0 radical (unpaired) electrons. The summed E-state index contributed by atoms with van der Waals surface area (Å²) >= 11 is 6.36. The number of nitrogen functional groups attached to an aromatic ring is 2. The highest BCUT2D eigenvalue weighted by atomic mass is 35.5. The van der Waals surface area contributed by atoms with Gasteiger partial charge in [-0.25, -0.2) is 4.98 Å². The maximum Gasteiger partial charge on any atom is 0.141 e. The van der Waals surface area contributed by atoms with Crippen LogP contribution >= 0.6 is 11.6 Å². The number of halogens is 1. The van der Waals surface area contributed by atoms with E-state index in [2.05, 4.69) is 18.4 Å². The van der Waals surface area contributed by atoms with Crippen LogP contribution in [0.4, 0.5) is 11.4 Å². The first-order chi connectivity index (χ1) is 9.97. The summed E-state index contributed by atoms with van der Waals surface area (Å²) < 4.78 is 2.12. The second kappa shape index (κ2) is 4.97. The molecule has 0 aliphatic carbocycles. The molecule has 0 unspecified atom stereocenters. The third kappa shape index (κ3) is 2.32. The molecule has 5 heteroatoms. The van der Waals surface area contributed by atoms with Crippen LogP contribution in [0.2, 0.25) is 5.02 Å². The average molecular weight is 301 g/mol. The van der Waals surface area contributed by atoms with Crippen molar-refractivity contribution in [2.24, 2.45) is 0 Å². The Morgan fingerprint density at radius 1 is 1.10 bits per heavy atom. The van der Waals surface area contributed by atoms with Gasteiger partial charge in [0.25, 0.3) is 0 Å². The van der Waals surface area contributed by atoms with Crippen molar-refractivity contribution in [3.05, 3.63) is 41.4 Å². The second-order valence-corrected chi connectivity index (χ2v) is 5.80. The lowest BCUT2D eigenvalue weighted by molar-refractivity contribution is 0.624. The molecule has 108 valence electrons. The van der Waals surface area contributed by atoms with Crippen molar-refractivity contribution in [2.75, 3.05) is 11.5 Å². The van der Waals surface area contributed by atoms with Gasteiger partial charge in [0.1, 0.15) is 5.82 Å². The molecule has 21 heavy (non-hydrogen) atoms. The molecule has 0 spiro atoms. The molecular formula is C16H17ClN4. The summed E-state index contributed by atoms with van der Waals surface area (Å²) in [4.78, 5) is 4.71. The van der Waals surface area contributed by atoms with Gasteiger partial charge in [0, 0.05) is 23.0 Å². The molecule has 0 atom stereocenters. The Hall–Kier alpha value is -2.20. The highest BCUT2D eigenvalue weighted by molar-refractivity contribution is 6.35. The first kappa shape index (κ1) is 13.8. The van der Waals surface area contributed by atoms with E-state index in [9.17, 15) is 0 Å². The Morgan fingerprint density at radius 2 is 1.76 bits per heavy atom. The molecule has 0 saturated heterocycles. The van der Waals surface area contributed by atoms with Crippen LogP contribution in [0.25, 0.3) is 22.4 Å². The van der Waals surface area contributed by atoms with Crippen molar-refractivity contribution in [1.29, 1.82) is 0 Å². The molecule has 3 rings (SSSR count). The third-order valence-electron chi connectivity index (χ3n) is 3.41. The van der Waals surface area contributed by atoms with Gasteiger partial charge in [-0.1, -0.05) is 17.7 Å². The Balaban J connectivity index is 2.37. The van der Waals surface area contributed by atoms with Crippen LogP contribution < -0.4 is 11.5 Å². The van der Waals surface area contributed by atoms with Gasteiger partial charge < -0.3 is 16.0 Å². The fraction of sp³-hybridized carbons (Fsp3) is 0.188. The number of hydrogen-bond donors (Lipinski definition) is 2. The fourth-order valence-electron chi connectivity index (χ4n) is 2.62. The van der Waals surface area contributed by atoms with Crippen molar-refractivity contribution in [3.63, 3.8) is 0 Å². The molecule has 1 heterocycles. The van der Waals surface area contributed by atoms with E-state index >= 15 is 0 Å². The minimum absolute atomic E-state index is 0.215. The summed E-state index contributed by atoms with van der Waals surface area (Å²) in [6.07, 6.45) is 0. The standard InChI is InChI=1S/C16H17ClN4/c1-9(2)21-15-13(17)4-3-5-14(15)20-16(21)10-6-11(18)8-12(19)7-10/h3-9H,18-19H2,1-2H3. The van der Waals surface area contributed by atoms with E-state index in [0.29, 0.717) is 16.4 Å². The Morgan fingerprint density at radius 3 is 2.38 bits per heavy atom. The summed E-state index contributed by atoms with van der Waals surface area (Å²) in [5, 5.41) is 0.692. The van der Waals surface area contributed by atoms with Crippen LogP contribution in [0.15, 0.2) is 36.4 Å². The number of para-hydroxylation sites is 1. The highest BCUT2D eigenvalue weighted by Gasteiger charge is 2.17. The fourth-order valence-corrected chi connectivity index (χ4v) is 2.88. The molecule has 0 bridgehead atoms. The van der Waals surface area contributed by atoms with Gasteiger partial charge in [0.2, 0.25) is 0 Å². The van der Waals surface area contributed by atoms with Gasteiger partial charge in [-0.15, -0.1) is 0 Å². The Bertz CT molecular complexity index is 800. The van der Waals surface area contributed by atoms with Crippen LogP contribution in [0.3, 0.4) is 0 Å². The Kier molecular flexibility index (Phi) is 3.26. The first-order valence-corrected chi connectivity index (χ1v) is 7.18. The number of benzene rings is 2. The van der Waals surface area contributed by atoms with Gasteiger partial charge in [-0.2, -0.15) is 0 Å². The number of nitrogens with two attached hydrogens (primary N) is 2. The summed E-state index contributed by atoms with van der Waals surface area (Å²) in [5.74, 6) is 0.826. The van der Waals surface area contributed by atoms with Crippen LogP contribution in [0.5, 0.6) is 0 Å². The number of hydrogen-bond acceptors (Lipinski definition) is 3. The van der Waals surface area contributed by atoms with Gasteiger partial charge in [-0.3, -0.25) is 0 Å². The van der Waals surface area contributed by atoms with Crippen LogP contribution in [0, 0.1) is 0 Å². The van der Waals surface area contributed by atoms with Crippen molar-refractivity contribution in [3.8, 4) is 11.4 Å². The van der Waals surface area contributed by atoms with Gasteiger partial charge in [-0.05, 0) is 44.2 Å². The van der Waals surface area contributed by atoms with E-state index in [-0.39, 0.29) is 6.04 Å².